The van der Waals surface area contributed by atoms with Gasteiger partial charge >= 0.3 is 5.97 Å². The van der Waals surface area contributed by atoms with Crippen molar-refractivity contribution in [3.05, 3.63) is 23.9 Å². The number of anilines is 1. The Morgan fingerprint density at radius 3 is 3.05 bits per heavy atom. The van der Waals surface area contributed by atoms with Crippen LogP contribution in [0.1, 0.15) is 25.5 Å². The van der Waals surface area contributed by atoms with Gasteiger partial charge in [-0.15, -0.1) is 5.10 Å². The van der Waals surface area contributed by atoms with Gasteiger partial charge in [-0.1, -0.05) is 6.07 Å². The topological polar surface area (TPSA) is 68.5 Å². The summed E-state index contributed by atoms with van der Waals surface area (Å²) in [5, 5.41) is 7.45. The fourth-order valence-electron chi connectivity index (χ4n) is 1.78. The normalized spacial score (nSPS) is 10.6. The first-order valence-electron chi connectivity index (χ1n) is 6.42. The fourth-order valence-corrected chi connectivity index (χ4v) is 1.78. The molecule has 0 saturated heterocycles. The van der Waals surface area contributed by atoms with Crippen molar-refractivity contribution in [3.63, 3.8) is 0 Å². The molecule has 2 heterocycles. The summed E-state index contributed by atoms with van der Waals surface area (Å²) in [6, 6.07) is 5.83. The van der Waals surface area contributed by atoms with E-state index >= 15 is 0 Å². The average molecular weight is 262 g/mol. The smallest absolute Gasteiger partial charge is 0.305 e. The van der Waals surface area contributed by atoms with Crippen LogP contribution in [0.3, 0.4) is 0 Å². The lowest BCUT2D eigenvalue weighted by Crippen LogP contribution is -2.09. The molecule has 0 amide bonds. The van der Waals surface area contributed by atoms with E-state index in [1.807, 2.05) is 25.1 Å². The molecule has 6 nitrogen and oxygen atoms in total. The van der Waals surface area contributed by atoms with Crippen molar-refractivity contribution in [2.45, 2.75) is 26.7 Å². The number of esters is 1. The van der Waals surface area contributed by atoms with Crippen LogP contribution in [0.15, 0.2) is 18.2 Å². The molecule has 0 aromatic carbocycles. The molecule has 0 aliphatic heterocycles. The molecule has 6 heteroatoms. The monoisotopic (exact) mass is 262 g/mol. The van der Waals surface area contributed by atoms with Crippen molar-refractivity contribution in [3.8, 4) is 0 Å². The molecule has 2 aromatic heterocycles. The molecule has 2 aromatic rings. The summed E-state index contributed by atoms with van der Waals surface area (Å²) in [5.41, 5.74) is 1.84. The first-order valence-corrected chi connectivity index (χ1v) is 6.42. The summed E-state index contributed by atoms with van der Waals surface area (Å²) < 4.78 is 6.64. The third-order valence-corrected chi connectivity index (χ3v) is 2.70. The second kappa shape index (κ2) is 6.17. The van der Waals surface area contributed by atoms with Crippen molar-refractivity contribution in [2.24, 2.45) is 0 Å². The van der Waals surface area contributed by atoms with Crippen LogP contribution in [0.25, 0.3) is 5.65 Å². The van der Waals surface area contributed by atoms with E-state index in [1.165, 1.54) is 0 Å². The van der Waals surface area contributed by atoms with Gasteiger partial charge in [-0.05, 0) is 32.4 Å². The van der Waals surface area contributed by atoms with E-state index in [9.17, 15) is 4.79 Å². The molecular formula is C13H18N4O2. The number of aromatic nitrogens is 3. The van der Waals surface area contributed by atoms with Gasteiger partial charge in [0.05, 0.1) is 6.61 Å². The average Bonchev–Trinajstić information content (AvgIpc) is 2.79. The van der Waals surface area contributed by atoms with E-state index < -0.39 is 0 Å². The standard InChI is InChI=1S/C13H18N4O2/c1-3-19-12(18)8-5-9-14-13-15-11-7-4-6-10(2)17(11)16-13/h4,6-7H,3,5,8-9H2,1-2H3,(H,14,16). The Labute approximate surface area is 111 Å². The quantitative estimate of drug-likeness (QED) is 0.635. The van der Waals surface area contributed by atoms with Gasteiger partial charge in [0.2, 0.25) is 5.95 Å². The van der Waals surface area contributed by atoms with E-state index in [-0.39, 0.29) is 5.97 Å². The van der Waals surface area contributed by atoms with E-state index in [2.05, 4.69) is 15.4 Å². The number of hydrogen-bond donors (Lipinski definition) is 1. The van der Waals surface area contributed by atoms with Crippen LogP contribution in [-0.2, 0) is 9.53 Å². The molecule has 102 valence electrons. The van der Waals surface area contributed by atoms with Gasteiger partial charge in [0.25, 0.3) is 0 Å². The summed E-state index contributed by atoms with van der Waals surface area (Å²) in [4.78, 5) is 15.5. The maximum atomic E-state index is 11.2. The lowest BCUT2D eigenvalue weighted by atomic mass is 10.3. The number of nitrogens with zero attached hydrogens (tertiary/aromatic N) is 3. The highest BCUT2D eigenvalue weighted by Crippen LogP contribution is 2.08. The first kappa shape index (κ1) is 13.3. The lowest BCUT2D eigenvalue weighted by molar-refractivity contribution is -0.143. The van der Waals surface area contributed by atoms with Crippen molar-refractivity contribution in [1.29, 1.82) is 0 Å². The van der Waals surface area contributed by atoms with Crippen molar-refractivity contribution < 1.29 is 9.53 Å². The molecule has 0 fully saturated rings. The molecular weight excluding hydrogens is 244 g/mol. The number of carbonyl (C=O) groups is 1. The van der Waals surface area contributed by atoms with E-state index in [4.69, 9.17) is 4.74 Å². The number of fused-ring (bicyclic) bond motifs is 1. The summed E-state index contributed by atoms with van der Waals surface area (Å²) in [6.07, 6.45) is 1.11. The molecule has 0 unspecified atom stereocenters. The van der Waals surface area contributed by atoms with Crippen LogP contribution in [0.2, 0.25) is 0 Å². The second-order valence-corrected chi connectivity index (χ2v) is 4.21. The van der Waals surface area contributed by atoms with Crippen LogP contribution >= 0.6 is 0 Å². The summed E-state index contributed by atoms with van der Waals surface area (Å²) in [6.45, 7) is 4.86. The highest BCUT2D eigenvalue weighted by Gasteiger charge is 2.05. The minimum atomic E-state index is -0.164. The Morgan fingerprint density at radius 1 is 1.47 bits per heavy atom. The molecule has 0 radical (unpaired) electrons. The van der Waals surface area contributed by atoms with E-state index in [0.29, 0.717) is 31.9 Å². The van der Waals surface area contributed by atoms with Gasteiger partial charge in [0.1, 0.15) is 0 Å². The minimum Gasteiger partial charge on any atom is -0.466 e. The van der Waals surface area contributed by atoms with Gasteiger partial charge < -0.3 is 10.1 Å². The van der Waals surface area contributed by atoms with Gasteiger partial charge in [-0.3, -0.25) is 4.79 Å². The predicted octanol–water partition coefficient (Wildman–Crippen LogP) is 1.79. The molecule has 2 rings (SSSR count). The van der Waals surface area contributed by atoms with Crippen LogP contribution in [0.4, 0.5) is 5.95 Å². The van der Waals surface area contributed by atoms with Gasteiger partial charge in [-0.2, -0.15) is 4.98 Å². The number of rotatable bonds is 6. The highest BCUT2D eigenvalue weighted by atomic mass is 16.5. The third kappa shape index (κ3) is 3.43. The Morgan fingerprint density at radius 2 is 2.32 bits per heavy atom. The van der Waals surface area contributed by atoms with Crippen LogP contribution in [-0.4, -0.2) is 33.7 Å². The number of aryl methyl sites for hydroxylation is 1. The van der Waals surface area contributed by atoms with Gasteiger partial charge in [-0.25, -0.2) is 4.52 Å². The molecule has 0 spiro atoms. The van der Waals surface area contributed by atoms with Gasteiger partial charge in [0.15, 0.2) is 5.65 Å². The van der Waals surface area contributed by atoms with E-state index in [1.54, 1.807) is 11.4 Å². The Kier molecular flexibility index (Phi) is 4.33. The SMILES string of the molecule is CCOC(=O)CCCNc1nc2cccc(C)n2n1. The lowest BCUT2D eigenvalue weighted by Gasteiger charge is -2.02. The summed E-state index contributed by atoms with van der Waals surface area (Å²) >= 11 is 0. The van der Waals surface area contributed by atoms with Crippen LogP contribution in [0.5, 0.6) is 0 Å². The fraction of sp³-hybridized carbons (Fsp3) is 0.462. The van der Waals surface area contributed by atoms with Crippen LogP contribution in [0, 0.1) is 6.92 Å². The van der Waals surface area contributed by atoms with Crippen molar-refractivity contribution >= 4 is 17.6 Å². The maximum absolute atomic E-state index is 11.2. The summed E-state index contributed by atoms with van der Waals surface area (Å²) in [7, 11) is 0. The molecule has 0 saturated carbocycles. The molecule has 0 aliphatic carbocycles. The van der Waals surface area contributed by atoms with Gasteiger partial charge in [0, 0.05) is 18.7 Å². The largest absolute Gasteiger partial charge is 0.466 e. The minimum absolute atomic E-state index is 0.164. The Balaban J connectivity index is 1.85. The van der Waals surface area contributed by atoms with Crippen molar-refractivity contribution in [2.75, 3.05) is 18.5 Å². The third-order valence-electron chi connectivity index (χ3n) is 2.70. The molecule has 0 atom stereocenters. The Bertz CT molecular complexity index is 565. The second-order valence-electron chi connectivity index (χ2n) is 4.21. The molecule has 19 heavy (non-hydrogen) atoms. The molecule has 0 aliphatic rings. The zero-order chi connectivity index (χ0) is 13.7. The maximum Gasteiger partial charge on any atom is 0.305 e. The van der Waals surface area contributed by atoms with Crippen LogP contribution < -0.4 is 5.32 Å². The number of pyridine rings is 1. The zero-order valence-corrected chi connectivity index (χ0v) is 11.2. The number of nitrogens with one attached hydrogen (secondary N) is 1. The van der Waals surface area contributed by atoms with Crippen molar-refractivity contribution in [1.82, 2.24) is 14.6 Å². The highest BCUT2D eigenvalue weighted by molar-refractivity contribution is 5.69. The number of carbonyl (C=O) groups excluding carboxylic acids is 1. The first-order chi connectivity index (χ1) is 9.20. The molecule has 1 N–H and O–H groups in total. The molecule has 0 bridgehead atoms. The number of ether oxygens (including phenoxy) is 1. The summed E-state index contributed by atoms with van der Waals surface area (Å²) in [5.74, 6) is 0.418. The predicted molar refractivity (Wildman–Crippen MR) is 72.1 cm³/mol. The van der Waals surface area contributed by atoms with E-state index in [0.717, 1.165) is 11.3 Å². The number of hydrogen-bond acceptors (Lipinski definition) is 5. The Hall–Kier alpha value is -2.11. The zero-order valence-electron chi connectivity index (χ0n) is 11.2.